The molecule has 0 unspecified atom stereocenters. The Bertz CT molecular complexity index is 492. The van der Waals surface area contributed by atoms with Gasteiger partial charge in [-0.1, -0.05) is 15.9 Å². The van der Waals surface area contributed by atoms with Gasteiger partial charge in [0.05, 0.1) is 11.1 Å². The Balaban J connectivity index is 2.10. The van der Waals surface area contributed by atoms with E-state index in [2.05, 4.69) is 15.9 Å². The maximum absolute atomic E-state index is 12.3. The molecule has 0 aliphatic carbocycles. The minimum Gasteiger partial charge on any atom is -0.340 e. The second kappa shape index (κ2) is 5.73. The van der Waals surface area contributed by atoms with Crippen molar-refractivity contribution in [2.75, 3.05) is 18.4 Å². The Morgan fingerprint density at radius 3 is 2.63 bits per heavy atom. The molecule has 104 valence electrons. The number of aromatic nitrogens is 1. The summed E-state index contributed by atoms with van der Waals surface area (Å²) in [5, 5.41) is 11.7. The second-order valence-electron chi connectivity index (χ2n) is 4.84. The van der Waals surface area contributed by atoms with Crippen LogP contribution in [0, 0.1) is 16.0 Å². The van der Waals surface area contributed by atoms with Crippen LogP contribution in [-0.2, 0) is 7.05 Å². The maximum atomic E-state index is 12.3. The van der Waals surface area contributed by atoms with Gasteiger partial charge in [-0.3, -0.25) is 14.9 Å². The minimum absolute atomic E-state index is 0.0406. The average molecular weight is 330 g/mol. The van der Waals surface area contributed by atoms with E-state index >= 15 is 0 Å². The molecule has 19 heavy (non-hydrogen) atoms. The molecule has 0 bridgehead atoms. The molecule has 2 heterocycles. The number of nitro groups is 1. The number of carbonyl (C=O) groups is 1. The summed E-state index contributed by atoms with van der Waals surface area (Å²) in [6.45, 7) is 1.43. The first-order valence-corrected chi connectivity index (χ1v) is 7.31. The molecule has 1 fully saturated rings. The molecule has 0 atom stereocenters. The number of piperidine rings is 1. The zero-order chi connectivity index (χ0) is 14.0. The Morgan fingerprint density at radius 2 is 2.16 bits per heavy atom. The molecule has 1 aliphatic heterocycles. The molecule has 1 aliphatic rings. The van der Waals surface area contributed by atoms with E-state index in [0.29, 0.717) is 24.7 Å². The van der Waals surface area contributed by atoms with Gasteiger partial charge in [0.25, 0.3) is 11.6 Å². The molecule has 1 amide bonds. The van der Waals surface area contributed by atoms with Crippen LogP contribution in [0.1, 0.15) is 23.3 Å². The van der Waals surface area contributed by atoms with Gasteiger partial charge in [-0.2, -0.15) is 0 Å². The largest absolute Gasteiger partial charge is 0.340 e. The van der Waals surface area contributed by atoms with Gasteiger partial charge in [-0.25, -0.2) is 0 Å². The third-order valence-corrected chi connectivity index (χ3v) is 4.46. The lowest BCUT2D eigenvalue weighted by Gasteiger charge is -2.31. The summed E-state index contributed by atoms with van der Waals surface area (Å²) in [6, 6.07) is 1.35. The fourth-order valence-corrected chi connectivity index (χ4v) is 2.96. The van der Waals surface area contributed by atoms with Crippen molar-refractivity contribution in [3.63, 3.8) is 0 Å². The van der Waals surface area contributed by atoms with Crippen LogP contribution in [0.5, 0.6) is 0 Å². The lowest BCUT2D eigenvalue weighted by Crippen LogP contribution is -2.39. The molecule has 0 radical (unpaired) electrons. The standard InChI is InChI=1S/C12H16BrN3O3/c1-14-8-10(16(18)19)6-11(14)12(17)15-4-2-9(7-13)3-5-15/h6,8-9H,2-5,7H2,1H3. The van der Waals surface area contributed by atoms with Crippen molar-refractivity contribution in [2.45, 2.75) is 12.8 Å². The van der Waals surface area contributed by atoms with Crippen molar-refractivity contribution in [3.05, 3.63) is 28.1 Å². The van der Waals surface area contributed by atoms with Gasteiger partial charge in [0, 0.05) is 31.5 Å². The van der Waals surface area contributed by atoms with Crippen LogP contribution in [0.3, 0.4) is 0 Å². The van der Waals surface area contributed by atoms with Crippen molar-refractivity contribution in [1.82, 2.24) is 9.47 Å². The fraction of sp³-hybridized carbons (Fsp3) is 0.583. The van der Waals surface area contributed by atoms with E-state index in [-0.39, 0.29) is 11.6 Å². The quantitative estimate of drug-likeness (QED) is 0.485. The SMILES string of the molecule is Cn1cc([N+](=O)[O-])cc1C(=O)N1CCC(CBr)CC1. The first kappa shape index (κ1) is 14.0. The highest BCUT2D eigenvalue weighted by atomic mass is 79.9. The van der Waals surface area contributed by atoms with Crippen molar-refractivity contribution < 1.29 is 9.72 Å². The third-order valence-electron chi connectivity index (χ3n) is 3.54. The second-order valence-corrected chi connectivity index (χ2v) is 5.49. The molecule has 0 spiro atoms. The molecule has 1 aromatic rings. The summed E-state index contributed by atoms with van der Waals surface area (Å²) < 4.78 is 1.52. The van der Waals surface area contributed by atoms with E-state index in [4.69, 9.17) is 0 Å². The molecule has 0 saturated carbocycles. The number of rotatable bonds is 3. The number of amides is 1. The Labute approximate surface area is 119 Å². The number of carbonyl (C=O) groups excluding carboxylic acids is 1. The van der Waals surface area contributed by atoms with Gasteiger partial charge in [-0.15, -0.1) is 0 Å². The number of hydrogen-bond acceptors (Lipinski definition) is 3. The zero-order valence-electron chi connectivity index (χ0n) is 10.7. The fourth-order valence-electron chi connectivity index (χ4n) is 2.31. The summed E-state index contributed by atoms with van der Waals surface area (Å²) in [7, 11) is 1.66. The Kier molecular flexibility index (Phi) is 4.24. The topological polar surface area (TPSA) is 68.4 Å². The minimum atomic E-state index is -0.478. The summed E-state index contributed by atoms with van der Waals surface area (Å²) in [5.41, 5.74) is 0.338. The van der Waals surface area contributed by atoms with E-state index < -0.39 is 4.92 Å². The Hall–Kier alpha value is -1.37. The van der Waals surface area contributed by atoms with E-state index in [1.807, 2.05) is 0 Å². The predicted molar refractivity (Wildman–Crippen MR) is 74.5 cm³/mol. The summed E-state index contributed by atoms with van der Waals surface area (Å²) in [4.78, 5) is 24.3. The lowest BCUT2D eigenvalue weighted by atomic mass is 9.99. The van der Waals surface area contributed by atoms with Gasteiger partial charge >= 0.3 is 0 Å². The van der Waals surface area contributed by atoms with Crippen molar-refractivity contribution in [1.29, 1.82) is 0 Å². The number of likely N-dealkylation sites (tertiary alicyclic amines) is 1. The molecule has 7 heteroatoms. The number of aryl methyl sites for hydroxylation is 1. The van der Waals surface area contributed by atoms with Crippen LogP contribution in [0.15, 0.2) is 12.3 Å². The molecule has 0 aromatic carbocycles. The first-order chi connectivity index (χ1) is 9.02. The van der Waals surface area contributed by atoms with Crippen molar-refractivity contribution in [3.8, 4) is 0 Å². The highest BCUT2D eigenvalue weighted by Gasteiger charge is 2.26. The van der Waals surface area contributed by atoms with Gasteiger partial charge in [-0.05, 0) is 18.8 Å². The summed E-state index contributed by atoms with van der Waals surface area (Å²) in [6.07, 6.45) is 3.32. The Morgan fingerprint density at radius 1 is 1.53 bits per heavy atom. The normalized spacial score (nSPS) is 16.6. The molecule has 1 saturated heterocycles. The smallest absolute Gasteiger partial charge is 0.287 e. The molecule has 1 aromatic heterocycles. The number of nitrogens with zero attached hydrogens (tertiary/aromatic N) is 3. The first-order valence-electron chi connectivity index (χ1n) is 6.19. The van der Waals surface area contributed by atoms with Crippen molar-refractivity contribution in [2.24, 2.45) is 13.0 Å². The zero-order valence-corrected chi connectivity index (χ0v) is 12.3. The van der Waals surface area contributed by atoms with E-state index in [0.717, 1.165) is 18.2 Å². The predicted octanol–water partition coefficient (Wildman–Crippen LogP) is 2.18. The number of halogens is 1. The van der Waals surface area contributed by atoms with E-state index in [9.17, 15) is 14.9 Å². The lowest BCUT2D eigenvalue weighted by molar-refractivity contribution is -0.384. The number of hydrogen-bond donors (Lipinski definition) is 0. The van der Waals surface area contributed by atoms with Crippen LogP contribution in [-0.4, -0.2) is 38.7 Å². The van der Waals surface area contributed by atoms with Crippen LogP contribution >= 0.6 is 15.9 Å². The molecular formula is C12H16BrN3O3. The molecular weight excluding hydrogens is 314 g/mol. The average Bonchev–Trinajstić information content (AvgIpc) is 2.80. The molecule has 6 nitrogen and oxygen atoms in total. The molecule has 2 rings (SSSR count). The summed E-state index contributed by atoms with van der Waals surface area (Å²) >= 11 is 3.46. The van der Waals surface area contributed by atoms with Gasteiger partial charge in [0.2, 0.25) is 0 Å². The van der Waals surface area contributed by atoms with E-state index in [1.165, 1.54) is 16.8 Å². The van der Waals surface area contributed by atoms with Crippen LogP contribution in [0.4, 0.5) is 5.69 Å². The van der Waals surface area contributed by atoms with E-state index in [1.54, 1.807) is 11.9 Å². The maximum Gasteiger partial charge on any atom is 0.287 e. The third kappa shape index (κ3) is 2.97. The summed E-state index contributed by atoms with van der Waals surface area (Å²) in [5.74, 6) is 0.496. The highest BCUT2D eigenvalue weighted by Crippen LogP contribution is 2.22. The van der Waals surface area contributed by atoms with Gasteiger partial charge in [0.15, 0.2) is 0 Å². The van der Waals surface area contributed by atoms with Crippen molar-refractivity contribution >= 4 is 27.5 Å². The van der Waals surface area contributed by atoms with Crippen LogP contribution in [0.2, 0.25) is 0 Å². The number of alkyl halides is 1. The van der Waals surface area contributed by atoms with Crippen LogP contribution in [0.25, 0.3) is 0 Å². The van der Waals surface area contributed by atoms with Crippen LogP contribution < -0.4 is 0 Å². The highest BCUT2D eigenvalue weighted by molar-refractivity contribution is 9.09. The van der Waals surface area contributed by atoms with Gasteiger partial charge in [0.1, 0.15) is 5.69 Å². The monoisotopic (exact) mass is 329 g/mol. The van der Waals surface area contributed by atoms with Gasteiger partial charge < -0.3 is 9.47 Å². The molecule has 0 N–H and O–H groups in total.